The van der Waals surface area contributed by atoms with Crippen LogP contribution in [0, 0.1) is 0 Å². The maximum atomic E-state index is 9.99. The first-order chi connectivity index (χ1) is 14.0. The molecule has 29 heavy (non-hydrogen) atoms. The molecule has 1 N–H and O–H groups in total. The number of allylic oxidation sites excluding steroid dienone is 8. The zero-order chi connectivity index (χ0) is 21.9. The number of carbonyl (C=O) groups is 1. The number of carbonyl (C=O) groups excluding carboxylic acids is 1. The number of hydrogen-bond donors (Lipinski definition) is 1. The predicted octanol–water partition coefficient (Wildman–Crippen LogP) is 6.87. The Kier molecular flexibility index (Phi) is 16.8. The van der Waals surface area contributed by atoms with Gasteiger partial charge in [0, 0.05) is 23.2 Å². The number of thioether (sulfide) groups is 1. The SMILES string of the molecule is C/C=C\C(=C=C/C=C/C=O)CCCC.CN/C(C)=C/C=C1/SC(C)=NC1C=CCl. The Morgan fingerprint density at radius 2 is 2.14 bits per heavy atom. The van der Waals surface area contributed by atoms with Crippen LogP contribution >= 0.6 is 23.4 Å². The van der Waals surface area contributed by atoms with E-state index in [4.69, 9.17) is 11.6 Å². The predicted molar refractivity (Wildman–Crippen MR) is 132 cm³/mol. The number of hydrogen-bond acceptors (Lipinski definition) is 4. The highest BCUT2D eigenvalue weighted by Gasteiger charge is 2.18. The smallest absolute Gasteiger partial charge is 0.142 e. The molecule has 0 spiro atoms. The van der Waals surface area contributed by atoms with Gasteiger partial charge in [-0.3, -0.25) is 9.79 Å². The van der Waals surface area contributed by atoms with Crippen molar-refractivity contribution >= 4 is 34.7 Å². The van der Waals surface area contributed by atoms with E-state index in [1.54, 1.807) is 23.9 Å². The van der Waals surface area contributed by atoms with E-state index in [1.807, 2.05) is 46.0 Å². The highest BCUT2D eigenvalue weighted by atomic mass is 35.5. The van der Waals surface area contributed by atoms with Gasteiger partial charge in [0.25, 0.3) is 0 Å². The molecule has 1 heterocycles. The molecule has 5 heteroatoms. The van der Waals surface area contributed by atoms with E-state index in [0.717, 1.165) is 23.4 Å². The van der Waals surface area contributed by atoms with E-state index >= 15 is 0 Å². The summed E-state index contributed by atoms with van der Waals surface area (Å²) in [5.41, 5.74) is 6.98. The van der Waals surface area contributed by atoms with Crippen LogP contribution in [-0.4, -0.2) is 24.4 Å². The number of aldehydes is 1. The maximum Gasteiger partial charge on any atom is 0.142 e. The number of unbranched alkanes of at least 4 members (excludes halogenated alkanes) is 1. The van der Waals surface area contributed by atoms with Gasteiger partial charge in [-0.25, -0.2) is 0 Å². The fourth-order valence-electron chi connectivity index (χ4n) is 2.17. The van der Waals surface area contributed by atoms with Gasteiger partial charge >= 0.3 is 0 Å². The summed E-state index contributed by atoms with van der Waals surface area (Å²) < 4.78 is 0. The Morgan fingerprint density at radius 3 is 2.72 bits per heavy atom. The van der Waals surface area contributed by atoms with E-state index in [9.17, 15) is 4.79 Å². The van der Waals surface area contributed by atoms with Crippen molar-refractivity contribution in [2.75, 3.05) is 7.05 Å². The summed E-state index contributed by atoms with van der Waals surface area (Å²) in [5.74, 6) is 0. The van der Waals surface area contributed by atoms with Crippen molar-refractivity contribution in [1.82, 2.24) is 5.32 Å². The summed E-state index contributed by atoms with van der Waals surface area (Å²) in [6.07, 6.45) is 19.2. The van der Waals surface area contributed by atoms with Crippen LogP contribution in [0.3, 0.4) is 0 Å². The molecule has 1 rings (SSSR count). The fraction of sp³-hybridized carbons (Fsp3) is 0.375. The molecule has 0 radical (unpaired) electrons. The molecule has 1 unspecified atom stereocenters. The summed E-state index contributed by atoms with van der Waals surface area (Å²) in [7, 11) is 1.91. The minimum Gasteiger partial charge on any atom is -0.392 e. The van der Waals surface area contributed by atoms with Gasteiger partial charge < -0.3 is 5.32 Å². The van der Waals surface area contributed by atoms with Gasteiger partial charge in [-0.15, -0.1) is 5.73 Å². The molecular weight excluding hydrogens is 400 g/mol. The Hall–Kier alpha value is -2.00. The summed E-state index contributed by atoms with van der Waals surface area (Å²) >= 11 is 7.27. The molecule has 0 amide bonds. The summed E-state index contributed by atoms with van der Waals surface area (Å²) in [5, 5.41) is 4.15. The van der Waals surface area contributed by atoms with E-state index in [-0.39, 0.29) is 6.04 Å². The zero-order valence-corrected chi connectivity index (χ0v) is 19.7. The van der Waals surface area contributed by atoms with Crippen LogP contribution < -0.4 is 5.32 Å². The largest absolute Gasteiger partial charge is 0.392 e. The van der Waals surface area contributed by atoms with E-state index in [1.165, 1.54) is 34.9 Å². The number of halogens is 1. The number of rotatable bonds is 9. The molecule has 0 aromatic rings. The van der Waals surface area contributed by atoms with Crippen molar-refractivity contribution in [1.29, 1.82) is 0 Å². The van der Waals surface area contributed by atoms with Crippen molar-refractivity contribution in [2.45, 2.75) is 53.0 Å². The lowest BCUT2D eigenvalue weighted by molar-refractivity contribution is -0.104. The number of nitrogens with one attached hydrogen (secondary N) is 1. The van der Waals surface area contributed by atoms with Gasteiger partial charge in [0.1, 0.15) is 12.3 Å². The van der Waals surface area contributed by atoms with Crippen molar-refractivity contribution in [3.8, 4) is 0 Å². The Balaban J connectivity index is 0.000000543. The molecule has 0 aromatic heterocycles. The maximum absolute atomic E-state index is 9.99. The normalized spacial score (nSPS) is 18.0. The Labute approximate surface area is 185 Å². The van der Waals surface area contributed by atoms with Gasteiger partial charge in [0.05, 0.1) is 5.04 Å². The lowest BCUT2D eigenvalue weighted by Gasteiger charge is -2.02. The molecule has 1 aliphatic rings. The van der Waals surface area contributed by atoms with Crippen molar-refractivity contribution in [3.63, 3.8) is 0 Å². The third-order valence-electron chi connectivity index (χ3n) is 3.75. The van der Waals surface area contributed by atoms with Crippen LogP contribution in [0.25, 0.3) is 0 Å². The number of aliphatic imine (C=N–C) groups is 1. The molecular formula is C24H33ClN2OS. The van der Waals surface area contributed by atoms with Crippen LogP contribution in [0.4, 0.5) is 0 Å². The summed E-state index contributed by atoms with van der Waals surface area (Å²) in [4.78, 5) is 15.7. The summed E-state index contributed by atoms with van der Waals surface area (Å²) in [6.45, 7) is 8.20. The van der Waals surface area contributed by atoms with E-state index < -0.39 is 0 Å². The van der Waals surface area contributed by atoms with Crippen LogP contribution in [0.2, 0.25) is 0 Å². The van der Waals surface area contributed by atoms with Crippen LogP contribution in [-0.2, 0) is 4.79 Å². The van der Waals surface area contributed by atoms with Crippen LogP contribution in [0.1, 0.15) is 47.0 Å². The first-order valence-electron chi connectivity index (χ1n) is 9.76. The standard InChI is InChI=1S/C13H18O.C11H15ClN2S/c1-3-5-10-13(9-4-2)11-7-6-8-12-14;1-8(13-3)4-5-11-10(6-7-12)14-9(2)15-11/h4,6-9,12H,3,5,10H2,1-2H3;4-7,10,13H,1-3H3/b8-6+,9-4-;7-6?,8-4+,11-5+. The third-order valence-corrected chi connectivity index (χ3v) is 4.91. The van der Waals surface area contributed by atoms with Crippen molar-refractivity contribution in [2.24, 2.45) is 4.99 Å². The minimum atomic E-state index is 0.0911. The zero-order valence-electron chi connectivity index (χ0n) is 18.1. The third kappa shape index (κ3) is 13.8. The molecule has 0 bridgehead atoms. The Morgan fingerprint density at radius 1 is 1.38 bits per heavy atom. The van der Waals surface area contributed by atoms with Crippen molar-refractivity contribution in [3.05, 3.63) is 76.0 Å². The van der Waals surface area contributed by atoms with Gasteiger partial charge in [-0.05, 0) is 69.6 Å². The molecule has 1 atom stereocenters. The first-order valence-corrected chi connectivity index (χ1v) is 11.0. The second-order valence-electron chi connectivity index (χ2n) is 6.14. The molecule has 0 aliphatic carbocycles. The average molecular weight is 433 g/mol. The highest BCUT2D eigenvalue weighted by Crippen LogP contribution is 2.31. The van der Waals surface area contributed by atoms with E-state index in [0.29, 0.717) is 0 Å². The lowest BCUT2D eigenvalue weighted by Crippen LogP contribution is -2.01. The first kappa shape index (κ1) is 27.0. The molecule has 3 nitrogen and oxygen atoms in total. The van der Waals surface area contributed by atoms with Crippen LogP contribution in [0.15, 0.2) is 81.0 Å². The fourth-order valence-corrected chi connectivity index (χ4v) is 3.21. The highest BCUT2D eigenvalue weighted by molar-refractivity contribution is 8.17. The Bertz CT molecular complexity index is 736. The molecule has 0 fully saturated rings. The van der Waals surface area contributed by atoms with Crippen molar-refractivity contribution < 1.29 is 4.79 Å². The van der Waals surface area contributed by atoms with Crippen LogP contribution in [0.5, 0.6) is 0 Å². The van der Waals surface area contributed by atoms with E-state index in [2.05, 4.69) is 35.1 Å². The second kappa shape index (κ2) is 18.1. The minimum absolute atomic E-state index is 0.0911. The topological polar surface area (TPSA) is 41.5 Å². The molecule has 158 valence electrons. The quantitative estimate of drug-likeness (QED) is 0.187. The average Bonchev–Trinajstić information content (AvgIpc) is 3.07. The van der Waals surface area contributed by atoms with Gasteiger partial charge in [0.15, 0.2) is 0 Å². The molecule has 0 saturated heterocycles. The summed E-state index contributed by atoms with van der Waals surface area (Å²) in [6, 6.07) is 0.0911. The molecule has 0 aromatic carbocycles. The molecule has 1 aliphatic heterocycles. The van der Waals surface area contributed by atoms with Gasteiger partial charge in [-0.2, -0.15) is 0 Å². The lowest BCUT2D eigenvalue weighted by atomic mass is 10.1. The monoisotopic (exact) mass is 432 g/mol. The molecule has 0 saturated carbocycles. The second-order valence-corrected chi connectivity index (χ2v) is 7.66. The number of nitrogens with zero attached hydrogens (tertiary/aromatic N) is 1. The van der Waals surface area contributed by atoms with Gasteiger partial charge in [-0.1, -0.05) is 54.9 Å². The van der Waals surface area contributed by atoms with Gasteiger partial charge in [0.2, 0.25) is 0 Å².